The van der Waals surface area contributed by atoms with Gasteiger partial charge in [0.05, 0.1) is 2.74 Å². The minimum absolute atomic E-state index is 0.120. The zero-order valence-corrected chi connectivity index (χ0v) is 28.7. The van der Waals surface area contributed by atoms with Crippen LogP contribution >= 0.6 is 0 Å². The van der Waals surface area contributed by atoms with E-state index in [1.807, 2.05) is 30.3 Å². The number of furan rings is 1. The average Bonchev–Trinajstić information content (AvgIpc) is 3.65. The number of hydrogen-bond acceptors (Lipinski definition) is 1. The quantitative estimate of drug-likeness (QED) is 0.169. The molecule has 0 saturated carbocycles. The first-order valence-corrected chi connectivity index (χ1v) is 18.1. The van der Waals surface area contributed by atoms with E-state index in [2.05, 4.69) is 152 Å². The molecule has 11 aromatic rings. The summed E-state index contributed by atoms with van der Waals surface area (Å²) in [4.78, 5) is 0. The highest BCUT2D eigenvalue weighted by Gasteiger charge is 2.19. The molecule has 0 aliphatic heterocycles. The predicted octanol–water partition coefficient (Wildman–Crippen LogP) is 14.9. The highest BCUT2D eigenvalue weighted by molar-refractivity contribution is 6.25. The molecular weight excluding hydrogens is 641 g/mol. The van der Waals surface area contributed by atoms with Gasteiger partial charge in [0, 0.05) is 16.2 Å². The molecule has 0 radical (unpaired) electrons. The molecule has 0 bridgehead atoms. The summed E-state index contributed by atoms with van der Waals surface area (Å²) < 4.78 is 24.1. The summed E-state index contributed by atoms with van der Waals surface area (Å²) in [6.45, 7) is 0. The molecule has 11 rings (SSSR count). The molecule has 0 aliphatic rings. The first-order valence-electron chi connectivity index (χ1n) is 19.1. The van der Waals surface area contributed by atoms with Crippen molar-refractivity contribution in [3.8, 4) is 44.5 Å². The first-order chi connectivity index (χ1) is 27.1. The summed E-state index contributed by atoms with van der Waals surface area (Å²) in [5.74, 6) is 0. The van der Waals surface area contributed by atoms with Crippen molar-refractivity contribution in [2.75, 3.05) is 0 Å². The molecule has 246 valence electrons. The molecule has 0 saturated heterocycles. The Labute approximate surface area is 309 Å². The van der Waals surface area contributed by atoms with Crippen LogP contribution in [0.1, 0.15) is 2.74 Å². The maximum absolute atomic E-state index is 8.87. The van der Waals surface area contributed by atoms with Crippen LogP contribution in [-0.2, 0) is 0 Å². The standard InChI is InChI=1S/C52H32O/c1-2-13-33(14-3-1)37-16-12-17-38(31-37)50-43-22-9-7-20-41(43)49(42-21-8-10-23-44(42)50)36-27-25-35(26-28-36)46-32-47-51-39-18-5-4-15-34(39)29-30-48(51)53-52(47)45-24-11-6-19-40(45)46/h1-32H/i29D,30D. The van der Waals surface area contributed by atoms with Crippen LogP contribution in [0.15, 0.2) is 198 Å². The van der Waals surface area contributed by atoms with Crippen molar-refractivity contribution >= 4 is 65.0 Å². The Kier molecular flexibility index (Phi) is 6.17. The highest BCUT2D eigenvalue weighted by atomic mass is 16.3. The Morgan fingerprint density at radius 3 is 1.57 bits per heavy atom. The van der Waals surface area contributed by atoms with Crippen molar-refractivity contribution in [1.82, 2.24) is 0 Å². The minimum atomic E-state index is 0.120. The fraction of sp³-hybridized carbons (Fsp3) is 0. The van der Waals surface area contributed by atoms with Gasteiger partial charge in [0.15, 0.2) is 0 Å². The van der Waals surface area contributed by atoms with Gasteiger partial charge in [-0.2, -0.15) is 0 Å². The molecule has 0 aliphatic carbocycles. The summed E-state index contributed by atoms with van der Waals surface area (Å²) >= 11 is 0. The van der Waals surface area contributed by atoms with Crippen molar-refractivity contribution in [2.45, 2.75) is 0 Å². The molecule has 1 aromatic heterocycles. The van der Waals surface area contributed by atoms with Gasteiger partial charge in [-0.25, -0.2) is 0 Å². The number of benzene rings is 10. The van der Waals surface area contributed by atoms with Crippen LogP contribution in [-0.4, -0.2) is 0 Å². The number of hydrogen-bond donors (Lipinski definition) is 0. The Hall–Kier alpha value is -6.96. The normalized spacial score (nSPS) is 12.3. The van der Waals surface area contributed by atoms with Crippen molar-refractivity contribution in [1.29, 1.82) is 0 Å². The molecule has 0 spiro atoms. The zero-order valence-electron chi connectivity index (χ0n) is 30.7. The molecule has 0 N–H and O–H groups in total. The largest absolute Gasteiger partial charge is 0.455 e. The van der Waals surface area contributed by atoms with Gasteiger partial charge in [0.2, 0.25) is 0 Å². The second kappa shape index (κ2) is 11.8. The summed E-state index contributed by atoms with van der Waals surface area (Å²) in [5.41, 5.74) is 10.7. The molecule has 1 heterocycles. The van der Waals surface area contributed by atoms with Gasteiger partial charge < -0.3 is 4.42 Å². The van der Waals surface area contributed by atoms with E-state index in [9.17, 15) is 0 Å². The summed E-state index contributed by atoms with van der Waals surface area (Å²) in [6, 6.07) is 64.9. The van der Waals surface area contributed by atoms with Crippen LogP contribution in [0.4, 0.5) is 0 Å². The van der Waals surface area contributed by atoms with E-state index in [0.29, 0.717) is 5.58 Å². The smallest absolute Gasteiger partial charge is 0.143 e. The summed E-state index contributed by atoms with van der Waals surface area (Å²) in [5, 5.41) is 10.5. The van der Waals surface area contributed by atoms with Gasteiger partial charge in [-0.15, -0.1) is 0 Å². The monoisotopic (exact) mass is 674 g/mol. The molecule has 53 heavy (non-hydrogen) atoms. The van der Waals surface area contributed by atoms with Gasteiger partial charge >= 0.3 is 0 Å². The van der Waals surface area contributed by atoms with Crippen LogP contribution in [0, 0.1) is 0 Å². The maximum atomic E-state index is 8.87. The SMILES string of the molecule is [2H]c1c([2H])c2oc3c4ccccc4c(-c4ccc(-c5c6ccccc6c(-c6cccc(-c7ccccc7)c6)c6ccccc56)cc4)cc3c2c2ccccc12. The first kappa shape index (κ1) is 27.7. The molecule has 0 fully saturated rings. The van der Waals surface area contributed by atoms with E-state index in [4.69, 9.17) is 7.16 Å². The maximum Gasteiger partial charge on any atom is 0.143 e. The third kappa shape index (κ3) is 4.64. The van der Waals surface area contributed by atoms with Gasteiger partial charge in [0.25, 0.3) is 0 Å². The third-order valence-corrected chi connectivity index (χ3v) is 10.9. The minimum Gasteiger partial charge on any atom is -0.455 e. The van der Waals surface area contributed by atoms with Crippen molar-refractivity contribution < 1.29 is 7.16 Å². The van der Waals surface area contributed by atoms with Crippen LogP contribution in [0.3, 0.4) is 0 Å². The van der Waals surface area contributed by atoms with Gasteiger partial charge in [-0.1, -0.05) is 176 Å². The lowest BCUT2D eigenvalue weighted by Gasteiger charge is -2.18. The Morgan fingerprint density at radius 2 is 0.868 bits per heavy atom. The van der Waals surface area contributed by atoms with Crippen molar-refractivity contribution in [3.05, 3.63) is 194 Å². The van der Waals surface area contributed by atoms with E-state index in [1.165, 1.54) is 49.4 Å². The second-order valence-electron chi connectivity index (χ2n) is 13.8. The van der Waals surface area contributed by atoms with Gasteiger partial charge in [0.1, 0.15) is 11.2 Å². The number of rotatable bonds is 4. The second-order valence-corrected chi connectivity index (χ2v) is 13.8. The van der Waals surface area contributed by atoms with Crippen LogP contribution < -0.4 is 0 Å². The molecule has 0 atom stereocenters. The van der Waals surface area contributed by atoms with E-state index < -0.39 is 0 Å². The highest BCUT2D eigenvalue weighted by Crippen LogP contribution is 2.46. The topological polar surface area (TPSA) is 13.1 Å². The molecule has 10 aromatic carbocycles. The molecule has 1 heteroatoms. The van der Waals surface area contributed by atoms with Crippen molar-refractivity contribution in [3.63, 3.8) is 0 Å². The van der Waals surface area contributed by atoms with Crippen LogP contribution in [0.25, 0.3) is 110 Å². The lowest BCUT2D eigenvalue weighted by atomic mass is 9.85. The Balaban J connectivity index is 1.11. The molecule has 0 amide bonds. The van der Waals surface area contributed by atoms with E-state index in [0.717, 1.165) is 54.6 Å². The molecular formula is C52H32O. The summed E-state index contributed by atoms with van der Waals surface area (Å²) in [7, 11) is 0. The predicted molar refractivity (Wildman–Crippen MR) is 225 cm³/mol. The molecule has 1 nitrogen and oxygen atoms in total. The lowest BCUT2D eigenvalue weighted by Crippen LogP contribution is -1.91. The van der Waals surface area contributed by atoms with Crippen molar-refractivity contribution in [2.24, 2.45) is 0 Å². The van der Waals surface area contributed by atoms with E-state index in [-0.39, 0.29) is 12.1 Å². The van der Waals surface area contributed by atoms with Crippen LogP contribution in [0.2, 0.25) is 0 Å². The fourth-order valence-corrected chi connectivity index (χ4v) is 8.50. The average molecular weight is 675 g/mol. The van der Waals surface area contributed by atoms with Crippen LogP contribution in [0.5, 0.6) is 0 Å². The van der Waals surface area contributed by atoms with E-state index in [1.54, 1.807) is 0 Å². The van der Waals surface area contributed by atoms with E-state index >= 15 is 0 Å². The lowest BCUT2D eigenvalue weighted by molar-refractivity contribution is 0.673. The Morgan fingerprint density at radius 1 is 0.340 bits per heavy atom. The van der Waals surface area contributed by atoms with Gasteiger partial charge in [-0.3, -0.25) is 0 Å². The fourth-order valence-electron chi connectivity index (χ4n) is 8.50. The summed E-state index contributed by atoms with van der Waals surface area (Å²) in [6.07, 6.45) is 0. The third-order valence-electron chi connectivity index (χ3n) is 10.9. The zero-order chi connectivity index (χ0) is 36.6. The number of fused-ring (bicyclic) bond motifs is 9. The Bertz CT molecular complexity index is 3270. The molecule has 0 unspecified atom stereocenters. The van der Waals surface area contributed by atoms with Gasteiger partial charge in [-0.05, 0) is 100 Å².